The summed E-state index contributed by atoms with van der Waals surface area (Å²) in [5, 5.41) is 0. The Morgan fingerprint density at radius 3 is 3.00 bits per heavy atom. The maximum absolute atomic E-state index is 11.9. The highest BCUT2D eigenvalue weighted by molar-refractivity contribution is 5.82. The van der Waals surface area contributed by atoms with Gasteiger partial charge in [0.2, 0.25) is 0 Å². The molecule has 0 aromatic rings. The van der Waals surface area contributed by atoms with Crippen LogP contribution >= 0.6 is 0 Å². The highest BCUT2D eigenvalue weighted by atomic mass is 16.1. The lowest BCUT2D eigenvalue weighted by Gasteiger charge is -2.48. The third-order valence-electron chi connectivity index (χ3n) is 4.67. The predicted octanol–water partition coefficient (Wildman–Crippen LogP) is 3.74. The van der Waals surface area contributed by atoms with Crippen molar-refractivity contribution in [3.05, 3.63) is 12.7 Å². The summed E-state index contributed by atoms with van der Waals surface area (Å²) in [5.74, 6) is 1.44. The van der Waals surface area contributed by atoms with Gasteiger partial charge in [0.15, 0.2) is 0 Å². The van der Waals surface area contributed by atoms with Crippen molar-refractivity contribution in [3.63, 3.8) is 0 Å². The Labute approximate surface area is 92.9 Å². The Hall–Kier alpha value is -0.590. The van der Waals surface area contributed by atoms with E-state index in [1.165, 1.54) is 25.7 Å². The van der Waals surface area contributed by atoms with Gasteiger partial charge in [0.05, 0.1) is 0 Å². The molecule has 2 fully saturated rings. The summed E-state index contributed by atoms with van der Waals surface area (Å²) in [6.45, 7) is 6.20. The second kappa shape index (κ2) is 4.11. The van der Waals surface area contributed by atoms with Crippen LogP contribution in [0.1, 0.15) is 51.9 Å². The van der Waals surface area contributed by atoms with Crippen molar-refractivity contribution in [2.45, 2.75) is 51.9 Å². The number of hydrogen-bond acceptors (Lipinski definition) is 1. The van der Waals surface area contributed by atoms with Crippen LogP contribution in [0.5, 0.6) is 0 Å². The van der Waals surface area contributed by atoms with Gasteiger partial charge in [-0.2, -0.15) is 0 Å². The molecule has 84 valence electrons. The summed E-state index contributed by atoms with van der Waals surface area (Å²) in [4.78, 5) is 11.9. The van der Waals surface area contributed by atoms with Crippen LogP contribution < -0.4 is 0 Å². The molecule has 0 aromatic heterocycles. The normalized spacial score (nSPS) is 41.0. The fraction of sp³-hybridized carbons (Fsp3) is 0.786. The van der Waals surface area contributed by atoms with E-state index in [9.17, 15) is 4.79 Å². The van der Waals surface area contributed by atoms with Gasteiger partial charge in [-0.25, -0.2) is 0 Å². The zero-order valence-corrected chi connectivity index (χ0v) is 9.80. The Bertz CT molecular complexity index is 269. The molecule has 1 heteroatoms. The van der Waals surface area contributed by atoms with Crippen molar-refractivity contribution in [3.8, 4) is 0 Å². The van der Waals surface area contributed by atoms with Crippen molar-refractivity contribution in [1.82, 2.24) is 0 Å². The first-order chi connectivity index (χ1) is 7.17. The van der Waals surface area contributed by atoms with E-state index in [1.807, 2.05) is 6.08 Å². The highest BCUT2D eigenvalue weighted by Gasteiger charge is 2.46. The topological polar surface area (TPSA) is 17.1 Å². The van der Waals surface area contributed by atoms with Crippen LogP contribution in [0.15, 0.2) is 12.7 Å². The van der Waals surface area contributed by atoms with Gasteiger partial charge in [0, 0.05) is 12.3 Å². The molecule has 2 aliphatic carbocycles. The smallest absolute Gasteiger partial charge is 0.136 e. The molecule has 0 radical (unpaired) electrons. The van der Waals surface area contributed by atoms with Crippen molar-refractivity contribution in [2.24, 2.45) is 17.3 Å². The molecule has 0 spiro atoms. The average molecular weight is 206 g/mol. The number of allylic oxidation sites excluding steroid dienone is 1. The molecule has 0 amide bonds. The standard InChI is InChI=1S/C14H22O/c1-3-6-11-12-7-4-5-9-14(12,2)10-8-13(11)15/h3,11-12H,1,4-10H2,2H3/t11-,12+,14+/m1/s1. The first kappa shape index (κ1) is 10.9. The van der Waals surface area contributed by atoms with E-state index in [4.69, 9.17) is 0 Å². The molecule has 0 aliphatic heterocycles. The quantitative estimate of drug-likeness (QED) is 0.629. The number of fused-ring (bicyclic) bond motifs is 1. The van der Waals surface area contributed by atoms with Crippen LogP contribution in [-0.4, -0.2) is 5.78 Å². The first-order valence-corrected chi connectivity index (χ1v) is 6.31. The summed E-state index contributed by atoms with van der Waals surface area (Å²) in [7, 11) is 0. The summed E-state index contributed by atoms with van der Waals surface area (Å²) >= 11 is 0. The van der Waals surface area contributed by atoms with E-state index in [1.54, 1.807) is 0 Å². The maximum atomic E-state index is 11.9. The van der Waals surface area contributed by atoms with Gasteiger partial charge >= 0.3 is 0 Å². The van der Waals surface area contributed by atoms with Crippen LogP contribution in [0.3, 0.4) is 0 Å². The number of carbonyl (C=O) groups excluding carboxylic acids is 1. The fourth-order valence-corrected chi connectivity index (χ4v) is 3.72. The van der Waals surface area contributed by atoms with Crippen molar-refractivity contribution in [1.29, 1.82) is 0 Å². The second-order valence-electron chi connectivity index (χ2n) is 5.60. The largest absolute Gasteiger partial charge is 0.299 e. The van der Waals surface area contributed by atoms with Crippen molar-refractivity contribution >= 4 is 5.78 Å². The summed E-state index contributed by atoms with van der Waals surface area (Å²) < 4.78 is 0. The van der Waals surface area contributed by atoms with E-state index in [2.05, 4.69) is 13.5 Å². The molecular formula is C14H22O. The number of Topliss-reactive ketones (excluding diaryl/α,β-unsaturated/α-hetero) is 1. The highest BCUT2D eigenvalue weighted by Crippen LogP contribution is 2.52. The molecule has 2 saturated carbocycles. The van der Waals surface area contributed by atoms with E-state index in [0.717, 1.165) is 19.3 Å². The summed E-state index contributed by atoms with van der Waals surface area (Å²) in [6, 6.07) is 0. The molecule has 0 N–H and O–H groups in total. The molecule has 1 nitrogen and oxygen atoms in total. The molecule has 2 rings (SSSR count). The van der Waals surface area contributed by atoms with E-state index in [-0.39, 0.29) is 0 Å². The number of carbonyl (C=O) groups is 1. The Balaban J connectivity index is 2.19. The van der Waals surface area contributed by atoms with Gasteiger partial charge in [-0.05, 0) is 37.0 Å². The minimum Gasteiger partial charge on any atom is -0.299 e. The number of ketones is 1. The van der Waals surface area contributed by atoms with Crippen LogP contribution in [0.25, 0.3) is 0 Å². The SMILES string of the molecule is C=CC[C@H]1C(=O)CC[C@]2(C)CCCC[C@@H]12. The zero-order valence-electron chi connectivity index (χ0n) is 9.80. The van der Waals surface area contributed by atoms with E-state index in [0.29, 0.717) is 23.0 Å². The third kappa shape index (κ3) is 1.89. The number of rotatable bonds is 2. The van der Waals surface area contributed by atoms with Gasteiger partial charge in [0.1, 0.15) is 5.78 Å². The summed E-state index contributed by atoms with van der Waals surface area (Å²) in [6.07, 6.45) is 10.1. The minimum atomic E-state index is 0.293. The Kier molecular flexibility index (Phi) is 2.99. The predicted molar refractivity (Wildman–Crippen MR) is 62.6 cm³/mol. The lowest BCUT2D eigenvalue weighted by molar-refractivity contribution is -0.133. The molecule has 2 aliphatic rings. The first-order valence-electron chi connectivity index (χ1n) is 6.31. The van der Waals surface area contributed by atoms with Crippen molar-refractivity contribution < 1.29 is 4.79 Å². The Morgan fingerprint density at radius 1 is 1.47 bits per heavy atom. The molecule has 0 unspecified atom stereocenters. The van der Waals surface area contributed by atoms with Crippen molar-refractivity contribution in [2.75, 3.05) is 0 Å². The molecular weight excluding hydrogens is 184 g/mol. The van der Waals surface area contributed by atoms with Crippen LogP contribution in [0, 0.1) is 17.3 Å². The van der Waals surface area contributed by atoms with Gasteiger partial charge in [-0.3, -0.25) is 4.79 Å². The van der Waals surface area contributed by atoms with E-state index >= 15 is 0 Å². The van der Waals surface area contributed by atoms with Crippen LogP contribution in [-0.2, 0) is 4.79 Å². The summed E-state index contributed by atoms with van der Waals surface area (Å²) in [5.41, 5.74) is 0.458. The average Bonchev–Trinajstić information content (AvgIpc) is 2.23. The molecule has 0 saturated heterocycles. The van der Waals surface area contributed by atoms with Gasteiger partial charge < -0.3 is 0 Å². The van der Waals surface area contributed by atoms with E-state index < -0.39 is 0 Å². The Morgan fingerprint density at radius 2 is 2.27 bits per heavy atom. The number of hydrogen-bond donors (Lipinski definition) is 0. The molecule has 0 heterocycles. The lowest BCUT2D eigenvalue weighted by atomic mass is 9.56. The minimum absolute atomic E-state index is 0.293. The van der Waals surface area contributed by atoms with Gasteiger partial charge in [-0.1, -0.05) is 25.8 Å². The van der Waals surface area contributed by atoms with Crippen LogP contribution in [0.2, 0.25) is 0 Å². The molecule has 15 heavy (non-hydrogen) atoms. The fourth-order valence-electron chi connectivity index (χ4n) is 3.72. The molecule has 0 aromatic carbocycles. The monoisotopic (exact) mass is 206 g/mol. The maximum Gasteiger partial charge on any atom is 0.136 e. The zero-order chi connectivity index (χ0) is 10.9. The molecule has 0 bridgehead atoms. The third-order valence-corrected chi connectivity index (χ3v) is 4.67. The van der Waals surface area contributed by atoms with Crippen LogP contribution in [0.4, 0.5) is 0 Å². The van der Waals surface area contributed by atoms with Gasteiger partial charge in [0.25, 0.3) is 0 Å². The molecule has 3 atom stereocenters. The lowest BCUT2D eigenvalue weighted by Crippen LogP contribution is -2.43. The second-order valence-corrected chi connectivity index (χ2v) is 5.60. The van der Waals surface area contributed by atoms with Gasteiger partial charge in [-0.15, -0.1) is 6.58 Å².